The van der Waals surface area contributed by atoms with Crippen LogP contribution in [0, 0.1) is 31.6 Å². The molecule has 2 nitrogen and oxygen atoms in total. The molecule has 1 N–H and O–H groups in total. The van der Waals surface area contributed by atoms with Crippen molar-refractivity contribution in [1.82, 2.24) is 0 Å². The molecule has 0 radical (unpaired) electrons. The van der Waals surface area contributed by atoms with Gasteiger partial charge in [-0.2, -0.15) is 0 Å². The summed E-state index contributed by atoms with van der Waals surface area (Å²) in [4.78, 5) is 11.3. The second kappa shape index (κ2) is 10.5. The number of hydrogen-bond donors (Lipinski definition) is 1. The fourth-order valence-electron chi connectivity index (χ4n) is 3.91. The molecular weight excluding hydrogens is 344 g/mol. The van der Waals surface area contributed by atoms with Gasteiger partial charge in [0.25, 0.3) is 0 Å². The van der Waals surface area contributed by atoms with Crippen LogP contribution in [0.4, 0.5) is 0 Å². The van der Waals surface area contributed by atoms with Crippen LogP contribution in [0.5, 0.6) is 0 Å². The first kappa shape index (κ1) is 24.7. The fourth-order valence-corrected chi connectivity index (χ4v) is 3.91. The van der Waals surface area contributed by atoms with E-state index in [1.165, 1.54) is 42.4 Å². The van der Waals surface area contributed by atoms with Crippen molar-refractivity contribution in [2.45, 2.75) is 113 Å². The Morgan fingerprint density at radius 3 is 1.96 bits per heavy atom. The smallest absolute Gasteiger partial charge is 0.309 e. The van der Waals surface area contributed by atoms with Crippen LogP contribution in [0.2, 0.25) is 0 Å². The average Bonchev–Trinajstić information content (AvgIpc) is 2.57. The van der Waals surface area contributed by atoms with Gasteiger partial charge in [-0.15, -0.1) is 0 Å². The number of carbonyl (C=O) groups is 1. The maximum atomic E-state index is 11.3. The lowest BCUT2D eigenvalue weighted by Gasteiger charge is -2.20. The zero-order valence-corrected chi connectivity index (χ0v) is 19.8. The summed E-state index contributed by atoms with van der Waals surface area (Å²) in [5, 5.41) is 9.26. The first-order valence-corrected chi connectivity index (χ1v) is 11.2. The minimum Gasteiger partial charge on any atom is -0.481 e. The lowest BCUT2D eigenvalue weighted by atomic mass is 9.85. The van der Waals surface area contributed by atoms with E-state index in [0.717, 1.165) is 32.1 Å². The Morgan fingerprint density at radius 1 is 0.821 bits per heavy atom. The molecule has 1 aromatic carbocycles. The molecule has 2 heteroatoms. The molecule has 0 amide bonds. The van der Waals surface area contributed by atoms with Crippen molar-refractivity contribution in [2.75, 3.05) is 0 Å². The fraction of sp³-hybridized carbons (Fsp3) is 0.731. The van der Waals surface area contributed by atoms with Gasteiger partial charge in [-0.3, -0.25) is 4.79 Å². The molecule has 0 aliphatic heterocycles. The number of aryl methyl sites for hydroxylation is 2. The van der Waals surface area contributed by atoms with Crippen LogP contribution in [-0.4, -0.2) is 11.1 Å². The summed E-state index contributed by atoms with van der Waals surface area (Å²) in [7, 11) is 0. The van der Waals surface area contributed by atoms with E-state index in [-0.39, 0.29) is 0 Å². The Kier molecular flexibility index (Phi) is 9.24. The van der Waals surface area contributed by atoms with Gasteiger partial charge in [0.15, 0.2) is 0 Å². The third-order valence-electron chi connectivity index (χ3n) is 6.32. The Hall–Kier alpha value is -1.31. The molecular formula is C26H44O2. The molecule has 0 aliphatic carbocycles. The molecule has 0 spiro atoms. The summed E-state index contributed by atoms with van der Waals surface area (Å²) in [6.45, 7) is 17.4. The Morgan fingerprint density at radius 2 is 1.39 bits per heavy atom. The monoisotopic (exact) mass is 388 g/mol. The molecule has 160 valence electrons. The number of aliphatic carboxylic acids is 1. The molecule has 1 rings (SSSR count). The van der Waals surface area contributed by atoms with Gasteiger partial charge in [0.05, 0.1) is 5.41 Å². The first-order valence-electron chi connectivity index (χ1n) is 11.2. The van der Waals surface area contributed by atoms with Crippen molar-refractivity contribution in [3.63, 3.8) is 0 Å². The summed E-state index contributed by atoms with van der Waals surface area (Å²) in [6, 6.07) is 2.42. The zero-order valence-electron chi connectivity index (χ0n) is 19.8. The summed E-state index contributed by atoms with van der Waals surface area (Å²) >= 11 is 0. The SMILES string of the molecule is Cc1cc(CCCCC(C)(C)C)c(CCCCCC(C)(C)C(=O)O)c(C)c1C. The predicted octanol–water partition coefficient (Wildman–Crippen LogP) is 7.58. The van der Waals surface area contributed by atoms with Gasteiger partial charge in [-0.05, 0) is 106 Å². The van der Waals surface area contributed by atoms with Gasteiger partial charge < -0.3 is 5.11 Å². The van der Waals surface area contributed by atoms with Crippen LogP contribution in [0.1, 0.15) is 107 Å². The largest absolute Gasteiger partial charge is 0.481 e. The number of unbranched alkanes of at least 4 members (excludes halogenated alkanes) is 3. The van der Waals surface area contributed by atoms with Crippen molar-refractivity contribution < 1.29 is 9.90 Å². The van der Waals surface area contributed by atoms with Crippen LogP contribution in [0.15, 0.2) is 6.07 Å². The van der Waals surface area contributed by atoms with Gasteiger partial charge in [-0.1, -0.05) is 46.1 Å². The van der Waals surface area contributed by atoms with Crippen LogP contribution in [0.3, 0.4) is 0 Å². The summed E-state index contributed by atoms with van der Waals surface area (Å²) in [5.74, 6) is -0.685. The standard InChI is InChI=1S/C26H44O2/c1-19-18-22(14-11-13-16-25(4,5)6)23(21(3)20(19)2)15-10-9-12-17-26(7,8)24(27)28/h18H,9-17H2,1-8H3,(H,27,28). The highest BCUT2D eigenvalue weighted by Gasteiger charge is 2.26. The van der Waals surface area contributed by atoms with Gasteiger partial charge in [0, 0.05) is 0 Å². The highest BCUT2D eigenvalue weighted by atomic mass is 16.4. The van der Waals surface area contributed by atoms with Gasteiger partial charge in [0.1, 0.15) is 0 Å². The molecule has 0 saturated carbocycles. The predicted molar refractivity (Wildman–Crippen MR) is 121 cm³/mol. The Balaban J connectivity index is 2.68. The highest BCUT2D eigenvalue weighted by Crippen LogP contribution is 2.28. The Bertz CT molecular complexity index is 647. The highest BCUT2D eigenvalue weighted by molar-refractivity contribution is 5.73. The second-order valence-corrected chi connectivity index (χ2v) is 10.6. The first-order chi connectivity index (χ1) is 12.8. The van der Waals surface area contributed by atoms with Crippen LogP contribution in [-0.2, 0) is 17.6 Å². The van der Waals surface area contributed by atoms with E-state index in [1.807, 2.05) is 13.8 Å². The lowest BCUT2D eigenvalue weighted by Crippen LogP contribution is -2.23. The molecule has 0 aliphatic rings. The molecule has 0 saturated heterocycles. The molecule has 28 heavy (non-hydrogen) atoms. The quantitative estimate of drug-likeness (QED) is 0.397. The molecule has 0 heterocycles. The third-order valence-corrected chi connectivity index (χ3v) is 6.32. The summed E-state index contributed by atoms with van der Waals surface area (Å²) < 4.78 is 0. The van der Waals surface area contributed by atoms with Gasteiger partial charge in [0.2, 0.25) is 0 Å². The normalized spacial score (nSPS) is 12.4. The number of carboxylic acids is 1. The molecule has 0 bridgehead atoms. The van der Waals surface area contributed by atoms with E-state index in [9.17, 15) is 9.90 Å². The number of rotatable bonds is 11. The van der Waals surface area contributed by atoms with Crippen LogP contribution >= 0.6 is 0 Å². The van der Waals surface area contributed by atoms with Crippen molar-refractivity contribution in [3.8, 4) is 0 Å². The Labute approximate surface area is 174 Å². The van der Waals surface area contributed by atoms with Crippen LogP contribution in [0.25, 0.3) is 0 Å². The van der Waals surface area contributed by atoms with E-state index in [4.69, 9.17) is 0 Å². The summed E-state index contributed by atoms with van der Waals surface area (Å²) in [5.41, 5.74) is 7.23. The van der Waals surface area contributed by atoms with E-state index in [1.54, 1.807) is 11.1 Å². The number of carboxylic acid groups (broad SMARTS) is 1. The molecule has 1 aromatic rings. The van der Waals surface area contributed by atoms with E-state index >= 15 is 0 Å². The maximum absolute atomic E-state index is 11.3. The van der Waals surface area contributed by atoms with Crippen molar-refractivity contribution in [3.05, 3.63) is 33.9 Å². The second-order valence-electron chi connectivity index (χ2n) is 10.6. The average molecular weight is 389 g/mol. The molecule has 0 fully saturated rings. The van der Waals surface area contributed by atoms with Crippen LogP contribution < -0.4 is 0 Å². The minimum atomic E-state index is -0.685. The minimum absolute atomic E-state index is 0.422. The van der Waals surface area contributed by atoms with Gasteiger partial charge >= 0.3 is 5.97 Å². The van der Waals surface area contributed by atoms with E-state index in [2.05, 4.69) is 47.6 Å². The van der Waals surface area contributed by atoms with Crippen molar-refractivity contribution in [1.29, 1.82) is 0 Å². The van der Waals surface area contributed by atoms with E-state index in [0.29, 0.717) is 5.41 Å². The lowest BCUT2D eigenvalue weighted by molar-refractivity contribution is -0.147. The molecule has 0 atom stereocenters. The third kappa shape index (κ3) is 7.97. The molecule has 0 unspecified atom stereocenters. The topological polar surface area (TPSA) is 37.3 Å². The number of hydrogen-bond acceptors (Lipinski definition) is 1. The van der Waals surface area contributed by atoms with Crippen molar-refractivity contribution >= 4 is 5.97 Å². The zero-order chi connectivity index (χ0) is 21.5. The summed E-state index contributed by atoms with van der Waals surface area (Å²) in [6.07, 6.45) is 10.1. The van der Waals surface area contributed by atoms with Crippen molar-refractivity contribution in [2.24, 2.45) is 10.8 Å². The number of benzene rings is 1. The maximum Gasteiger partial charge on any atom is 0.309 e. The molecule has 0 aromatic heterocycles. The van der Waals surface area contributed by atoms with E-state index < -0.39 is 11.4 Å². The van der Waals surface area contributed by atoms with Gasteiger partial charge in [-0.25, -0.2) is 0 Å².